The van der Waals surface area contributed by atoms with Gasteiger partial charge in [-0.3, -0.25) is 9.59 Å². The summed E-state index contributed by atoms with van der Waals surface area (Å²) in [6.07, 6.45) is 0.543. The van der Waals surface area contributed by atoms with Crippen molar-refractivity contribution in [3.8, 4) is 10.6 Å². The predicted molar refractivity (Wildman–Crippen MR) is 126 cm³/mol. The summed E-state index contributed by atoms with van der Waals surface area (Å²) in [6.45, 7) is 5.52. The van der Waals surface area contributed by atoms with Gasteiger partial charge in [0.25, 0.3) is 5.91 Å². The van der Waals surface area contributed by atoms with Gasteiger partial charge in [-0.25, -0.2) is 14.5 Å². The molecule has 4 aromatic rings. The van der Waals surface area contributed by atoms with Gasteiger partial charge in [0, 0.05) is 17.8 Å². The van der Waals surface area contributed by atoms with Crippen LogP contribution in [0.1, 0.15) is 41.5 Å². The van der Waals surface area contributed by atoms with E-state index in [0.29, 0.717) is 40.1 Å². The zero-order valence-corrected chi connectivity index (χ0v) is 19.2. The largest absolute Gasteiger partial charge is 0.449 e. The number of hydrogen-bond donors (Lipinski definition) is 1. The molecule has 4 rings (SSSR count). The highest BCUT2D eigenvalue weighted by Gasteiger charge is 2.23. The molecule has 168 valence electrons. The molecule has 3 aromatic heterocycles. The fourth-order valence-corrected chi connectivity index (χ4v) is 3.99. The van der Waals surface area contributed by atoms with Crippen molar-refractivity contribution in [3.05, 3.63) is 65.2 Å². The molecule has 1 N–H and O–H groups in total. The monoisotopic (exact) mass is 462 g/mol. The summed E-state index contributed by atoms with van der Waals surface area (Å²) in [6, 6.07) is 12.0. The maximum absolute atomic E-state index is 13.1. The number of carbonyl (C=O) groups is 3. The van der Waals surface area contributed by atoms with Crippen LogP contribution in [-0.4, -0.2) is 38.5 Å². The van der Waals surface area contributed by atoms with E-state index in [0.717, 1.165) is 4.88 Å². The van der Waals surface area contributed by atoms with Crippen molar-refractivity contribution < 1.29 is 19.1 Å². The Morgan fingerprint density at radius 2 is 1.94 bits per heavy atom. The van der Waals surface area contributed by atoms with Crippen LogP contribution in [0.5, 0.6) is 0 Å². The molecule has 0 aliphatic rings. The molecule has 0 fully saturated rings. The average Bonchev–Trinajstić information content (AvgIpc) is 3.48. The van der Waals surface area contributed by atoms with Gasteiger partial charge in [-0.05, 0) is 62.5 Å². The van der Waals surface area contributed by atoms with E-state index in [9.17, 15) is 14.4 Å². The van der Waals surface area contributed by atoms with Crippen LogP contribution in [0.2, 0.25) is 0 Å². The maximum atomic E-state index is 13.1. The van der Waals surface area contributed by atoms with E-state index in [1.54, 1.807) is 41.2 Å². The van der Waals surface area contributed by atoms with E-state index < -0.39 is 18.0 Å². The van der Waals surface area contributed by atoms with Crippen molar-refractivity contribution in [2.45, 2.75) is 33.4 Å². The molecule has 0 spiro atoms. The minimum absolute atomic E-state index is 0.0628. The van der Waals surface area contributed by atoms with E-state index >= 15 is 0 Å². The number of aromatic nitrogens is 3. The Morgan fingerprint density at radius 3 is 2.58 bits per heavy atom. The van der Waals surface area contributed by atoms with Crippen molar-refractivity contribution in [3.63, 3.8) is 0 Å². The number of carbonyl (C=O) groups excluding carboxylic acids is 3. The third-order valence-corrected chi connectivity index (χ3v) is 6.01. The van der Waals surface area contributed by atoms with Gasteiger partial charge in [-0.1, -0.05) is 6.07 Å². The van der Waals surface area contributed by atoms with E-state index in [4.69, 9.17) is 4.74 Å². The minimum atomic E-state index is -1.04. The van der Waals surface area contributed by atoms with Crippen molar-refractivity contribution >= 4 is 45.7 Å². The van der Waals surface area contributed by atoms with E-state index in [2.05, 4.69) is 15.4 Å². The third kappa shape index (κ3) is 4.68. The summed E-state index contributed by atoms with van der Waals surface area (Å²) in [7, 11) is 0. The Balaban J connectivity index is 1.56. The molecule has 0 radical (unpaired) electrons. The fraction of sp³-hybridized carbons (Fsp3) is 0.208. The predicted octanol–water partition coefficient (Wildman–Crippen LogP) is 4.57. The molecule has 0 aliphatic heterocycles. The highest BCUT2D eigenvalue weighted by atomic mass is 32.1. The minimum Gasteiger partial charge on any atom is -0.449 e. The molecular formula is C24H22N4O4S. The third-order valence-electron chi connectivity index (χ3n) is 5.11. The van der Waals surface area contributed by atoms with Gasteiger partial charge < -0.3 is 10.1 Å². The number of Topliss-reactive ketones (excluding diaryl/α,β-unsaturated/α-hetero) is 1. The number of rotatable bonds is 7. The lowest BCUT2D eigenvalue weighted by atomic mass is 10.1. The van der Waals surface area contributed by atoms with Crippen LogP contribution in [0.15, 0.2) is 54.0 Å². The van der Waals surface area contributed by atoms with E-state index in [1.165, 1.54) is 25.2 Å². The van der Waals surface area contributed by atoms with Gasteiger partial charge in [0.05, 0.1) is 27.7 Å². The van der Waals surface area contributed by atoms with Gasteiger partial charge in [0.15, 0.2) is 17.5 Å². The number of amides is 1. The zero-order chi connectivity index (χ0) is 23.5. The first-order valence-electron chi connectivity index (χ1n) is 10.4. The Hall–Kier alpha value is -3.85. The quantitative estimate of drug-likeness (QED) is 0.319. The van der Waals surface area contributed by atoms with Crippen LogP contribution < -0.4 is 5.32 Å². The SMILES string of the molecule is CCn1ncc2c(C(=O)OC(C)C(=O)Nc3ccc(C(C)=O)cc3)cc(-c3cccs3)nc21. The Bertz CT molecular complexity index is 1330. The summed E-state index contributed by atoms with van der Waals surface area (Å²) < 4.78 is 7.20. The highest BCUT2D eigenvalue weighted by molar-refractivity contribution is 7.13. The van der Waals surface area contributed by atoms with Gasteiger partial charge in [-0.2, -0.15) is 5.10 Å². The van der Waals surface area contributed by atoms with Gasteiger partial charge in [0.2, 0.25) is 0 Å². The molecular weight excluding hydrogens is 440 g/mol. The summed E-state index contributed by atoms with van der Waals surface area (Å²) in [4.78, 5) is 42.6. The van der Waals surface area contributed by atoms with E-state index in [1.807, 2.05) is 24.4 Å². The van der Waals surface area contributed by atoms with Crippen molar-refractivity contribution in [2.75, 3.05) is 5.32 Å². The Labute approximate surface area is 194 Å². The number of aryl methyl sites for hydroxylation is 1. The number of fused-ring (bicyclic) bond motifs is 1. The van der Waals surface area contributed by atoms with Gasteiger partial charge in [-0.15, -0.1) is 11.3 Å². The topological polar surface area (TPSA) is 103 Å². The lowest BCUT2D eigenvalue weighted by Gasteiger charge is -2.14. The second-order valence-corrected chi connectivity index (χ2v) is 8.35. The molecule has 0 saturated heterocycles. The number of nitrogens with one attached hydrogen (secondary N) is 1. The molecule has 8 nitrogen and oxygen atoms in total. The number of thiophene rings is 1. The molecule has 3 heterocycles. The molecule has 33 heavy (non-hydrogen) atoms. The fourth-order valence-electron chi connectivity index (χ4n) is 3.31. The standard InChI is InChI=1S/C24H22N4O4S/c1-4-28-22-19(13-25-28)18(12-20(27-22)21-6-5-11-33-21)24(31)32-15(3)23(30)26-17-9-7-16(8-10-17)14(2)29/h5-13,15H,4H2,1-3H3,(H,26,30). The second kappa shape index (κ2) is 9.33. The lowest BCUT2D eigenvalue weighted by Crippen LogP contribution is -2.30. The molecule has 9 heteroatoms. The zero-order valence-electron chi connectivity index (χ0n) is 18.4. The first-order valence-corrected chi connectivity index (χ1v) is 11.3. The number of esters is 1. The Kier molecular flexibility index (Phi) is 6.32. The van der Waals surface area contributed by atoms with Crippen LogP contribution in [0.4, 0.5) is 5.69 Å². The molecule has 0 bridgehead atoms. The van der Waals surface area contributed by atoms with Crippen LogP contribution >= 0.6 is 11.3 Å². The van der Waals surface area contributed by atoms with E-state index in [-0.39, 0.29) is 5.78 Å². The maximum Gasteiger partial charge on any atom is 0.339 e. The number of nitrogens with zero attached hydrogens (tertiary/aromatic N) is 3. The summed E-state index contributed by atoms with van der Waals surface area (Å²) >= 11 is 1.51. The smallest absolute Gasteiger partial charge is 0.339 e. The Morgan fingerprint density at radius 1 is 1.18 bits per heavy atom. The van der Waals surface area contributed by atoms with Crippen molar-refractivity contribution in [1.82, 2.24) is 14.8 Å². The molecule has 1 aromatic carbocycles. The van der Waals surface area contributed by atoms with Crippen LogP contribution in [0, 0.1) is 0 Å². The second-order valence-electron chi connectivity index (χ2n) is 7.40. The number of ketones is 1. The van der Waals surface area contributed by atoms with Crippen molar-refractivity contribution in [1.29, 1.82) is 0 Å². The first-order chi connectivity index (χ1) is 15.9. The summed E-state index contributed by atoms with van der Waals surface area (Å²) in [5.74, 6) is -1.18. The normalized spacial score (nSPS) is 11.8. The number of anilines is 1. The van der Waals surface area contributed by atoms with Crippen molar-refractivity contribution in [2.24, 2.45) is 0 Å². The number of pyridine rings is 1. The lowest BCUT2D eigenvalue weighted by molar-refractivity contribution is -0.123. The molecule has 0 saturated carbocycles. The number of benzene rings is 1. The van der Waals surface area contributed by atoms with Crippen LogP contribution in [0.3, 0.4) is 0 Å². The number of hydrogen-bond acceptors (Lipinski definition) is 7. The molecule has 0 aliphatic carbocycles. The molecule has 1 atom stereocenters. The first kappa shape index (κ1) is 22.3. The highest BCUT2D eigenvalue weighted by Crippen LogP contribution is 2.28. The number of ether oxygens (including phenoxy) is 1. The summed E-state index contributed by atoms with van der Waals surface area (Å²) in [5.41, 5.74) is 2.57. The van der Waals surface area contributed by atoms with Gasteiger partial charge >= 0.3 is 5.97 Å². The van der Waals surface area contributed by atoms with Crippen LogP contribution in [0.25, 0.3) is 21.6 Å². The molecule has 1 amide bonds. The summed E-state index contributed by atoms with van der Waals surface area (Å²) in [5, 5.41) is 9.51. The average molecular weight is 463 g/mol. The van der Waals surface area contributed by atoms with Crippen LogP contribution in [-0.2, 0) is 16.1 Å². The molecule has 1 unspecified atom stereocenters. The van der Waals surface area contributed by atoms with Gasteiger partial charge in [0.1, 0.15) is 0 Å².